The van der Waals surface area contributed by atoms with Gasteiger partial charge in [0.2, 0.25) is 0 Å². The van der Waals surface area contributed by atoms with Gasteiger partial charge in [0.1, 0.15) is 5.82 Å². The number of nitrogens with one attached hydrogen (secondary N) is 1. The Morgan fingerprint density at radius 1 is 1.17 bits per heavy atom. The van der Waals surface area contributed by atoms with Gasteiger partial charge in [0.15, 0.2) is 0 Å². The summed E-state index contributed by atoms with van der Waals surface area (Å²) in [5, 5.41) is 14.4. The van der Waals surface area contributed by atoms with E-state index < -0.39 is 0 Å². The lowest BCUT2D eigenvalue weighted by atomic mass is 10.00. The largest absolute Gasteiger partial charge is 0.354 e. The van der Waals surface area contributed by atoms with Crippen LogP contribution in [-0.4, -0.2) is 41.8 Å². The summed E-state index contributed by atoms with van der Waals surface area (Å²) in [5.41, 5.74) is 3.74. The SMILES string of the molecule is O=[N+]([O-])c1ccc2c(c1)C(c1ccnc(N3CCNCC3)c1)=NC2. The van der Waals surface area contributed by atoms with Crippen molar-refractivity contribution in [1.29, 1.82) is 0 Å². The van der Waals surface area contributed by atoms with Crippen molar-refractivity contribution in [3.05, 3.63) is 63.3 Å². The summed E-state index contributed by atoms with van der Waals surface area (Å²) in [7, 11) is 0. The molecule has 2 aliphatic rings. The van der Waals surface area contributed by atoms with Crippen molar-refractivity contribution < 1.29 is 4.92 Å². The van der Waals surface area contributed by atoms with Crippen LogP contribution in [0.15, 0.2) is 41.5 Å². The van der Waals surface area contributed by atoms with Gasteiger partial charge in [-0.1, -0.05) is 0 Å². The van der Waals surface area contributed by atoms with Crippen LogP contribution in [0.3, 0.4) is 0 Å². The first-order valence-electron chi connectivity index (χ1n) is 7.96. The Bertz CT molecular complexity index is 827. The molecule has 7 heteroatoms. The van der Waals surface area contributed by atoms with E-state index in [4.69, 9.17) is 0 Å². The maximum absolute atomic E-state index is 11.0. The highest BCUT2D eigenvalue weighted by atomic mass is 16.6. The molecule has 1 N–H and O–H groups in total. The second-order valence-electron chi connectivity index (χ2n) is 5.90. The smallest absolute Gasteiger partial charge is 0.270 e. The topological polar surface area (TPSA) is 83.7 Å². The monoisotopic (exact) mass is 323 g/mol. The average molecular weight is 323 g/mol. The Balaban J connectivity index is 1.69. The zero-order valence-corrected chi connectivity index (χ0v) is 13.1. The number of anilines is 1. The van der Waals surface area contributed by atoms with Crippen LogP contribution in [0.1, 0.15) is 16.7 Å². The summed E-state index contributed by atoms with van der Waals surface area (Å²) in [6.07, 6.45) is 1.78. The number of nitro groups is 1. The van der Waals surface area contributed by atoms with Gasteiger partial charge in [-0.15, -0.1) is 0 Å². The molecule has 0 unspecified atom stereocenters. The third kappa shape index (κ3) is 2.63. The zero-order valence-electron chi connectivity index (χ0n) is 13.1. The molecule has 4 rings (SSSR count). The second-order valence-corrected chi connectivity index (χ2v) is 5.90. The molecule has 122 valence electrons. The molecule has 0 saturated carbocycles. The number of hydrogen-bond acceptors (Lipinski definition) is 6. The maximum Gasteiger partial charge on any atom is 0.270 e. The van der Waals surface area contributed by atoms with Gasteiger partial charge in [0.25, 0.3) is 5.69 Å². The van der Waals surface area contributed by atoms with Gasteiger partial charge in [-0.3, -0.25) is 15.1 Å². The lowest BCUT2D eigenvalue weighted by molar-refractivity contribution is -0.384. The summed E-state index contributed by atoms with van der Waals surface area (Å²) in [6, 6.07) is 8.89. The first-order valence-corrected chi connectivity index (χ1v) is 7.96. The summed E-state index contributed by atoms with van der Waals surface area (Å²) in [6.45, 7) is 4.30. The van der Waals surface area contributed by atoms with Crippen molar-refractivity contribution >= 4 is 17.2 Å². The van der Waals surface area contributed by atoms with Crippen molar-refractivity contribution in [3.8, 4) is 0 Å². The van der Waals surface area contributed by atoms with Crippen LogP contribution >= 0.6 is 0 Å². The van der Waals surface area contributed by atoms with Gasteiger partial charge >= 0.3 is 0 Å². The molecule has 0 amide bonds. The highest BCUT2D eigenvalue weighted by Gasteiger charge is 2.22. The number of rotatable bonds is 3. The predicted octanol–water partition coefficient (Wildman–Crippen LogP) is 1.75. The number of hydrogen-bond donors (Lipinski definition) is 1. The minimum Gasteiger partial charge on any atom is -0.354 e. The van der Waals surface area contributed by atoms with Crippen LogP contribution in [-0.2, 0) is 6.54 Å². The first kappa shape index (κ1) is 14.8. The molecule has 0 radical (unpaired) electrons. The number of nitrogens with zero attached hydrogens (tertiary/aromatic N) is 4. The first-order chi connectivity index (χ1) is 11.7. The molecule has 2 aromatic rings. The van der Waals surface area contributed by atoms with Crippen molar-refractivity contribution in [2.45, 2.75) is 6.54 Å². The van der Waals surface area contributed by atoms with Gasteiger partial charge in [-0.2, -0.15) is 0 Å². The van der Waals surface area contributed by atoms with E-state index in [9.17, 15) is 10.1 Å². The van der Waals surface area contributed by atoms with E-state index >= 15 is 0 Å². The normalized spacial score (nSPS) is 16.7. The van der Waals surface area contributed by atoms with E-state index in [0.717, 1.165) is 54.4 Å². The molecule has 0 aliphatic carbocycles. The van der Waals surface area contributed by atoms with E-state index in [2.05, 4.69) is 20.2 Å². The molecule has 0 atom stereocenters. The summed E-state index contributed by atoms with van der Waals surface area (Å²) >= 11 is 0. The van der Waals surface area contributed by atoms with Crippen molar-refractivity contribution in [2.75, 3.05) is 31.1 Å². The highest BCUT2D eigenvalue weighted by molar-refractivity contribution is 6.15. The van der Waals surface area contributed by atoms with Crippen LogP contribution in [0.25, 0.3) is 0 Å². The zero-order chi connectivity index (χ0) is 16.5. The van der Waals surface area contributed by atoms with E-state index in [1.807, 2.05) is 12.1 Å². The number of non-ortho nitro benzene ring substituents is 1. The fourth-order valence-electron chi connectivity index (χ4n) is 3.17. The molecule has 3 heterocycles. The van der Waals surface area contributed by atoms with E-state index in [1.54, 1.807) is 18.3 Å². The molecule has 1 fully saturated rings. The summed E-state index contributed by atoms with van der Waals surface area (Å²) in [5.74, 6) is 0.926. The van der Waals surface area contributed by atoms with Crippen LogP contribution in [0, 0.1) is 10.1 Å². The number of nitro benzene ring substituents is 1. The average Bonchev–Trinajstić information content (AvgIpc) is 3.05. The molecule has 7 nitrogen and oxygen atoms in total. The van der Waals surface area contributed by atoms with Gasteiger partial charge in [-0.05, 0) is 23.8 Å². The Labute approximate surface area is 139 Å². The van der Waals surface area contributed by atoms with Crippen molar-refractivity contribution in [3.63, 3.8) is 0 Å². The van der Waals surface area contributed by atoms with Crippen LogP contribution in [0.2, 0.25) is 0 Å². The molecule has 2 aliphatic heterocycles. The Kier molecular flexibility index (Phi) is 3.70. The fraction of sp³-hybridized carbons (Fsp3) is 0.294. The van der Waals surface area contributed by atoms with Crippen molar-refractivity contribution in [1.82, 2.24) is 10.3 Å². The van der Waals surface area contributed by atoms with Crippen molar-refractivity contribution in [2.24, 2.45) is 4.99 Å². The number of benzene rings is 1. The molecule has 1 aromatic carbocycles. The summed E-state index contributed by atoms with van der Waals surface area (Å²) < 4.78 is 0. The molecule has 1 aromatic heterocycles. The fourth-order valence-corrected chi connectivity index (χ4v) is 3.17. The number of aliphatic imine (C=N–C) groups is 1. The van der Waals surface area contributed by atoms with E-state index in [1.165, 1.54) is 6.07 Å². The third-order valence-electron chi connectivity index (χ3n) is 4.43. The van der Waals surface area contributed by atoms with Gasteiger partial charge < -0.3 is 10.2 Å². The highest BCUT2D eigenvalue weighted by Crippen LogP contribution is 2.28. The molecule has 1 saturated heterocycles. The van der Waals surface area contributed by atoms with Gasteiger partial charge in [0, 0.05) is 55.6 Å². The number of fused-ring (bicyclic) bond motifs is 1. The molecule has 0 spiro atoms. The van der Waals surface area contributed by atoms with Crippen LogP contribution in [0.5, 0.6) is 0 Å². The number of piperazine rings is 1. The maximum atomic E-state index is 11.0. The Hall–Kier alpha value is -2.80. The van der Waals surface area contributed by atoms with Crippen LogP contribution < -0.4 is 10.2 Å². The van der Waals surface area contributed by atoms with Crippen LogP contribution in [0.4, 0.5) is 11.5 Å². The minimum absolute atomic E-state index is 0.0970. The van der Waals surface area contributed by atoms with Gasteiger partial charge in [0.05, 0.1) is 17.2 Å². The van der Waals surface area contributed by atoms with Gasteiger partial charge in [-0.25, -0.2) is 4.98 Å². The number of aromatic nitrogens is 1. The molecule has 0 bridgehead atoms. The number of pyridine rings is 1. The summed E-state index contributed by atoms with van der Waals surface area (Å²) in [4.78, 5) is 22.0. The Morgan fingerprint density at radius 2 is 2.00 bits per heavy atom. The van der Waals surface area contributed by atoms with E-state index in [-0.39, 0.29) is 10.6 Å². The standard InChI is InChI=1S/C17H17N5O2/c23-22(24)14-2-1-13-11-20-17(15(13)10-14)12-3-4-19-16(9-12)21-7-5-18-6-8-21/h1-4,9-10,18H,5-8,11H2. The third-order valence-corrected chi connectivity index (χ3v) is 4.43. The molecule has 24 heavy (non-hydrogen) atoms. The van der Waals surface area contributed by atoms with E-state index in [0.29, 0.717) is 6.54 Å². The lowest BCUT2D eigenvalue weighted by Gasteiger charge is -2.28. The molecular weight excluding hydrogens is 306 g/mol. The second kappa shape index (κ2) is 6.01. The lowest BCUT2D eigenvalue weighted by Crippen LogP contribution is -2.43. The Morgan fingerprint density at radius 3 is 2.79 bits per heavy atom. The quantitative estimate of drug-likeness (QED) is 0.687. The molecular formula is C17H17N5O2. The minimum atomic E-state index is -0.366. The predicted molar refractivity (Wildman–Crippen MR) is 91.8 cm³/mol.